The predicted octanol–water partition coefficient (Wildman–Crippen LogP) is 0.230. The molecule has 0 aromatic heterocycles. The molecule has 0 spiro atoms. The van der Waals surface area contributed by atoms with Crippen LogP contribution >= 0.6 is 0 Å². The van der Waals surface area contributed by atoms with Gasteiger partial charge in [-0.05, 0) is 12.8 Å². The SMILES string of the molecule is OCOC1CCCCC1OCO. The Morgan fingerprint density at radius 2 is 1.33 bits per heavy atom. The van der Waals surface area contributed by atoms with Gasteiger partial charge >= 0.3 is 0 Å². The molecule has 0 aliphatic heterocycles. The van der Waals surface area contributed by atoms with E-state index in [0.717, 1.165) is 25.7 Å². The van der Waals surface area contributed by atoms with E-state index in [1.807, 2.05) is 0 Å². The summed E-state index contributed by atoms with van der Waals surface area (Å²) in [6.45, 7) is -0.536. The summed E-state index contributed by atoms with van der Waals surface area (Å²) >= 11 is 0. The van der Waals surface area contributed by atoms with Crippen molar-refractivity contribution in [3.8, 4) is 0 Å². The number of hydrogen-bond acceptors (Lipinski definition) is 4. The molecule has 1 fully saturated rings. The Balaban J connectivity index is 2.31. The fourth-order valence-electron chi connectivity index (χ4n) is 1.64. The Bertz CT molecular complexity index is 99.6. The quantitative estimate of drug-likeness (QED) is 0.602. The van der Waals surface area contributed by atoms with Crippen molar-refractivity contribution in [1.29, 1.82) is 0 Å². The number of aliphatic hydroxyl groups is 2. The van der Waals surface area contributed by atoms with Gasteiger partial charge in [0.1, 0.15) is 13.6 Å². The predicted molar refractivity (Wildman–Crippen MR) is 42.4 cm³/mol. The van der Waals surface area contributed by atoms with Crippen LogP contribution in [-0.2, 0) is 9.47 Å². The molecule has 2 N–H and O–H groups in total. The topological polar surface area (TPSA) is 58.9 Å². The molecule has 4 heteroatoms. The van der Waals surface area contributed by atoms with Gasteiger partial charge < -0.3 is 19.7 Å². The van der Waals surface area contributed by atoms with Crippen molar-refractivity contribution in [1.82, 2.24) is 0 Å². The molecule has 1 aliphatic rings. The van der Waals surface area contributed by atoms with Crippen molar-refractivity contribution >= 4 is 0 Å². The van der Waals surface area contributed by atoms with Crippen molar-refractivity contribution in [2.24, 2.45) is 0 Å². The molecule has 0 amide bonds. The molecule has 0 saturated heterocycles. The third-order valence-corrected chi connectivity index (χ3v) is 2.22. The normalized spacial score (nSPS) is 30.5. The number of rotatable bonds is 4. The van der Waals surface area contributed by atoms with Gasteiger partial charge in [0.15, 0.2) is 0 Å². The molecule has 0 aromatic carbocycles. The Morgan fingerprint density at radius 1 is 0.917 bits per heavy atom. The third kappa shape index (κ3) is 2.71. The lowest BCUT2D eigenvalue weighted by molar-refractivity contribution is -0.156. The van der Waals surface area contributed by atoms with Crippen molar-refractivity contribution in [3.05, 3.63) is 0 Å². The molecule has 2 atom stereocenters. The monoisotopic (exact) mass is 176 g/mol. The lowest BCUT2D eigenvalue weighted by Crippen LogP contribution is -2.35. The van der Waals surface area contributed by atoms with E-state index in [4.69, 9.17) is 19.7 Å². The smallest absolute Gasteiger partial charge is 0.144 e. The van der Waals surface area contributed by atoms with Gasteiger partial charge in [0.05, 0.1) is 12.2 Å². The highest BCUT2D eigenvalue weighted by molar-refractivity contribution is 4.75. The highest BCUT2D eigenvalue weighted by Gasteiger charge is 2.25. The number of hydrogen-bond donors (Lipinski definition) is 2. The second-order valence-corrected chi connectivity index (χ2v) is 2.95. The minimum absolute atomic E-state index is 0.0455. The van der Waals surface area contributed by atoms with Gasteiger partial charge in [-0.2, -0.15) is 0 Å². The van der Waals surface area contributed by atoms with Gasteiger partial charge in [-0.3, -0.25) is 0 Å². The van der Waals surface area contributed by atoms with Crippen LogP contribution in [-0.4, -0.2) is 36.0 Å². The summed E-state index contributed by atoms with van der Waals surface area (Å²) in [5.74, 6) is 0. The van der Waals surface area contributed by atoms with E-state index >= 15 is 0 Å². The standard InChI is InChI=1S/C8H16O4/c9-5-11-7-3-1-2-4-8(7)12-6-10/h7-10H,1-6H2. The van der Waals surface area contributed by atoms with Gasteiger partial charge in [0, 0.05) is 0 Å². The number of ether oxygens (including phenoxy) is 2. The van der Waals surface area contributed by atoms with Gasteiger partial charge in [0.25, 0.3) is 0 Å². The first kappa shape index (κ1) is 9.92. The van der Waals surface area contributed by atoms with Crippen molar-refractivity contribution in [3.63, 3.8) is 0 Å². The Kier molecular flexibility index (Phi) is 4.53. The zero-order chi connectivity index (χ0) is 8.81. The second-order valence-electron chi connectivity index (χ2n) is 2.95. The largest absolute Gasteiger partial charge is 0.371 e. The maximum Gasteiger partial charge on any atom is 0.144 e. The molecule has 1 aliphatic carbocycles. The summed E-state index contributed by atoms with van der Waals surface area (Å²) in [5.41, 5.74) is 0. The van der Waals surface area contributed by atoms with E-state index < -0.39 is 0 Å². The van der Waals surface area contributed by atoms with Crippen LogP contribution in [0.25, 0.3) is 0 Å². The van der Waals surface area contributed by atoms with Crippen LogP contribution in [0, 0.1) is 0 Å². The lowest BCUT2D eigenvalue weighted by Gasteiger charge is -2.29. The Morgan fingerprint density at radius 3 is 1.67 bits per heavy atom. The molecule has 1 rings (SSSR count). The molecule has 0 heterocycles. The van der Waals surface area contributed by atoms with E-state index in [1.54, 1.807) is 0 Å². The van der Waals surface area contributed by atoms with Crippen LogP contribution in [0.5, 0.6) is 0 Å². The minimum atomic E-state index is -0.268. The van der Waals surface area contributed by atoms with Crippen LogP contribution in [0.3, 0.4) is 0 Å². The molecule has 72 valence electrons. The van der Waals surface area contributed by atoms with E-state index in [9.17, 15) is 0 Å². The fourth-order valence-corrected chi connectivity index (χ4v) is 1.64. The zero-order valence-corrected chi connectivity index (χ0v) is 7.11. The van der Waals surface area contributed by atoms with Gasteiger partial charge in [-0.25, -0.2) is 0 Å². The fraction of sp³-hybridized carbons (Fsp3) is 1.00. The molecule has 1 saturated carbocycles. The van der Waals surface area contributed by atoms with Crippen LogP contribution in [0.15, 0.2) is 0 Å². The second kappa shape index (κ2) is 5.48. The van der Waals surface area contributed by atoms with Gasteiger partial charge in [-0.1, -0.05) is 12.8 Å². The first-order valence-corrected chi connectivity index (χ1v) is 4.33. The maximum absolute atomic E-state index is 8.56. The van der Waals surface area contributed by atoms with Crippen LogP contribution in [0.1, 0.15) is 25.7 Å². The summed E-state index contributed by atoms with van der Waals surface area (Å²) in [6.07, 6.45) is 3.94. The van der Waals surface area contributed by atoms with E-state index in [1.165, 1.54) is 0 Å². The molecule has 0 radical (unpaired) electrons. The molecular formula is C8H16O4. The summed E-state index contributed by atoms with van der Waals surface area (Å²) in [6, 6.07) is 0. The van der Waals surface area contributed by atoms with Crippen molar-refractivity contribution < 1.29 is 19.7 Å². The summed E-state index contributed by atoms with van der Waals surface area (Å²) in [7, 11) is 0. The molecule has 4 nitrogen and oxygen atoms in total. The van der Waals surface area contributed by atoms with Gasteiger partial charge in [-0.15, -0.1) is 0 Å². The molecule has 12 heavy (non-hydrogen) atoms. The van der Waals surface area contributed by atoms with E-state index in [-0.39, 0.29) is 25.8 Å². The minimum Gasteiger partial charge on any atom is -0.371 e. The van der Waals surface area contributed by atoms with Crippen molar-refractivity contribution in [2.45, 2.75) is 37.9 Å². The summed E-state index contributed by atoms with van der Waals surface area (Å²) in [5, 5.41) is 17.1. The first-order chi connectivity index (χ1) is 5.88. The van der Waals surface area contributed by atoms with Crippen molar-refractivity contribution in [2.75, 3.05) is 13.6 Å². The maximum atomic E-state index is 8.56. The van der Waals surface area contributed by atoms with E-state index in [0.29, 0.717) is 0 Å². The number of aliphatic hydroxyl groups excluding tert-OH is 2. The highest BCUT2D eigenvalue weighted by Crippen LogP contribution is 2.23. The van der Waals surface area contributed by atoms with Crippen LogP contribution in [0.4, 0.5) is 0 Å². The third-order valence-electron chi connectivity index (χ3n) is 2.22. The van der Waals surface area contributed by atoms with Crippen LogP contribution < -0.4 is 0 Å². The first-order valence-electron chi connectivity index (χ1n) is 4.33. The Labute approximate surface area is 72.1 Å². The van der Waals surface area contributed by atoms with E-state index in [2.05, 4.69) is 0 Å². The average Bonchev–Trinajstić information content (AvgIpc) is 2.09. The average molecular weight is 176 g/mol. The van der Waals surface area contributed by atoms with Gasteiger partial charge in [0.2, 0.25) is 0 Å². The molecular weight excluding hydrogens is 160 g/mol. The lowest BCUT2D eigenvalue weighted by atomic mass is 9.95. The molecule has 2 unspecified atom stereocenters. The molecule has 0 bridgehead atoms. The van der Waals surface area contributed by atoms with Crippen LogP contribution in [0.2, 0.25) is 0 Å². The highest BCUT2D eigenvalue weighted by atomic mass is 16.6. The summed E-state index contributed by atoms with van der Waals surface area (Å²) < 4.78 is 10.1. The zero-order valence-electron chi connectivity index (χ0n) is 7.11. The summed E-state index contributed by atoms with van der Waals surface area (Å²) in [4.78, 5) is 0. The molecule has 0 aromatic rings. The Hall–Kier alpha value is -0.160.